The summed E-state index contributed by atoms with van der Waals surface area (Å²) in [6.07, 6.45) is 3.77. The van der Waals surface area contributed by atoms with E-state index in [1.165, 1.54) is 0 Å². The number of nitrogens with zero attached hydrogens (tertiary/aromatic N) is 4. The molecule has 7 nitrogen and oxygen atoms in total. The molecule has 204 valence electrons. The number of rotatable bonds is 6. The smallest absolute Gasteiger partial charge is 0.169 e. The van der Waals surface area contributed by atoms with Crippen molar-refractivity contribution in [1.29, 1.82) is 0 Å². The van der Waals surface area contributed by atoms with E-state index in [2.05, 4.69) is 37.9 Å². The lowest BCUT2D eigenvalue weighted by molar-refractivity contribution is 0.0932. The van der Waals surface area contributed by atoms with Gasteiger partial charge < -0.3 is 5.48 Å². The molecule has 0 aliphatic rings. The van der Waals surface area contributed by atoms with Crippen molar-refractivity contribution in [3.8, 4) is 0 Å². The quantitative estimate of drug-likeness (QED) is 0.252. The average Bonchev–Trinajstić information content (AvgIpc) is 3.37. The highest BCUT2D eigenvalue weighted by Gasteiger charge is 2.24. The van der Waals surface area contributed by atoms with Gasteiger partial charge in [-0.3, -0.25) is 9.59 Å². The Kier molecular flexibility index (Phi) is 13.2. The highest BCUT2D eigenvalue weighted by atomic mass is 35.5. The Morgan fingerprint density at radius 2 is 0.946 bits per heavy atom. The van der Waals surface area contributed by atoms with E-state index in [1.54, 1.807) is 9.03 Å². The first-order valence-electron chi connectivity index (χ1n) is 12.1. The SMILES string of the molecule is CC(C)C(=O)c1c(C(C)C)nn2ccccc12.CC(C)C(=O)c1c(C(C)C)nn2ccccc12.Cl.Cl.O. The Labute approximate surface area is 231 Å². The molecule has 4 rings (SSSR count). The Balaban J connectivity index is 0.000000648. The molecule has 2 N–H and O–H groups in total. The number of carbonyl (C=O) groups excluding carboxylic acids is 2. The van der Waals surface area contributed by atoms with Crippen LogP contribution in [0.5, 0.6) is 0 Å². The molecular formula is C28H40Cl2N4O3. The summed E-state index contributed by atoms with van der Waals surface area (Å²) < 4.78 is 3.59. The number of pyridine rings is 2. The molecule has 0 spiro atoms. The maximum absolute atomic E-state index is 12.3. The minimum atomic E-state index is 0. The molecule has 0 aromatic carbocycles. The first kappa shape index (κ1) is 34.3. The van der Waals surface area contributed by atoms with Gasteiger partial charge in [0.1, 0.15) is 0 Å². The van der Waals surface area contributed by atoms with Gasteiger partial charge in [0.05, 0.1) is 33.5 Å². The maximum Gasteiger partial charge on any atom is 0.169 e. The monoisotopic (exact) mass is 550 g/mol. The third-order valence-electron chi connectivity index (χ3n) is 5.77. The number of ketones is 2. The average molecular weight is 552 g/mol. The van der Waals surface area contributed by atoms with Crippen LogP contribution < -0.4 is 0 Å². The first-order valence-corrected chi connectivity index (χ1v) is 12.1. The minimum Gasteiger partial charge on any atom is -0.412 e. The van der Waals surface area contributed by atoms with E-state index in [4.69, 9.17) is 0 Å². The van der Waals surface area contributed by atoms with Crippen LogP contribution in [0.1, 0.15) is 99.3 Å². The molecule has 0 unspecified atom stereocenters. The zero-order valence-electron chi connectivity index (χ0n) is 22.9. The van der Waals surface area contributed by atoms with Crippen LogP contribution in [0.15, 0.2) is 48.8 Å². The van der Waals surface area contributed by atoms with E-state index in [0.29, 0.717) is 0 Å². The number of aromatic nitrogens is 4. The summed E-state index contributed by atoms with van der Waals surface area (Å²) in [7, 11) is 0. The zero-order chi connectivity index (χ0) is 25.2. The van der Waals surface area contributed by atoms with Crippen molar-refractivity contribution in [3.63, 3.8) is 0 Å². The third kappa shape index (κ3) is 7.18. The van der Waals surface area contributed by atoms with Crippen molar-refractivity contribution >= 4 is 47.4 Å². The van der Waals surface area contributed by atoms with Crippen LogP contribution in [-0.2, 0) is 0 Å². The van der Waals surface area contributed by atoms with E-state index >= 15 is 0 Å². The summed E-state index contributed by atoms with van der Waals surface area (Å²) in [5.41, 5.74) is 5.20. The molecule has 0 aliphatic heterocycles. The molecule has 0 bridgehead atoms. The molecule has 4 heterocycles. The van der Waals surface area contributed by atoms with Gasteiger partial charge >= 0.3 is 0 Å². The van der Waals surface area contributed by atoms with E-state index in [9.17, 15) is 9.59 Å². The number of hydrogen-bond donors (Lipinski definition) is 0. The van der Waals surface area contributed by atoms with Crippen LogP contribution in [0.3, 0.4) is 0 Å². The van der Waals surface area contributed by atoms with Gasteiger partial charge in [0.15, 0.2) is 11.6 Å². The predicted molar refractivity (Wildman–Crippen MR) is 155 cm³/mol. The normalized spacial score (nSPS) is 10.7. The van der Waals surface area contributed by atoms with Gasteiger partial charge in [0, 0.05) is 24.2 Å². The van der Waals surface area contributed by atoms with Gasteiger partial charge in [-0.25, -0.2) is 9.03 Å². The van der Waals surface area contributed by atoms with Crippen LogP contribution in [-0.4, -0.2) is 36.3 Å². The van der Waals surface area contributed by atoms with Gasteiger partial charge in [0.2, 0.25) is 0 Å². The number of fused-ring (bicyclic) bond motifs is 2. The number of Topliss-reactive ketones (excluding diaryl/α,β-unsaturated/α-hetero) is 2. The van der Waals surface area contributed by atoms with Crippen molar-refractivity contribution in [3.05, 3.63) is 71.3 Å². The molecule has 4 aromatic rings. The fourth-order valence-corrected chi connectivity index (χ4v) is 3.92. The Morgan fingerprint density at radius 1 is 0.622 bits per heavy atom. The number of hydrogen-bond acceptors (Lipinski definition) is 4. The van der Waals surface area contributed by atoms with Gasteiger partial charge in [-0.2, -0.15) is 10.2 Å². The van der Waals surface area contributed by atoms with E-state index in [0.717, 1.165) is 33.5 Å². The zero-order valence-corrected chi connectivity index (χ0v) is 24.5. The summed E-state index contributed by atoms with van der Waals surface area (Å²) >= 11 is 0. The summed E-state index contributed by atoms with van der Waals surface area (Å²) in [6, 6.07) is 11.6. The van der Waals surface area contributed by atoms with Crippen molar-refractivity contribution in [2.45, 2.75) is 67.2 Å². The Hall–Kier alpha value is -2.74. The maximum atomic E-state index is 12.3. The van der Waals surface area contributed by atoms with Gasteiger partial charge in [-0.15, -0.1) is 24.8 Å². The second-order valence-corrected chi connectivity index (χ2v) is 9.93. The lowest BCUT2D eigenvalue weighted by Gasteiger charge is -2.07. The lowest BCUT2D eigenvalue weighted by atomic mass is 9.95. The molecule has 0 atom stereocenters. The molecule has 0 amide bonds. The van der Waals surface area contributed by atoms with Crippen LogP contribution >= 0.6 is 24.8 Å². The van der Waals surface area contributed by atoms with E-state index in [-0.39, 0.29) is 65.5 Å². The highest BCUT2D eigenvalue weighted by molar-refractivity contribution is 6.05. The molecule has 37 heavy (non-hydrogen) atoms. The molecule has 0 fully saturated rings. The summed E-state index contributed by atoms with van der Waals surface area (Å²) in [4.78, 5) is 24.6. The van der Waals surface area contributed by atoms with E-state index in [1.807, 2.05) is 76.5 Å². The fraction of sp³-hybridized carbons (Fsp3) is 0.429. The number of halogens is 2. The molecule has 0 saturated carbocycles. The molecule has 0 aliphatic carbocycles. The fourth-order valence-electron chi connectivity index (χ4n) is 3.92. The topological polar surface area (TPSA) is 100 Å². The summed E-state index contributed by atoms with van der Waals surface area (Å²) in [5, 5.41) is 9.02. The van der Waals surface area contributed by atoms with Crippen LogP contribution in [0.25, 0.3) is 11.0 Å². The molecule has 4 aromatic heterocycles. The van der Waals surface area contributed by atoms with Crippen LogP contribution in [0, 0.1) is 11.8 Å². The third-order valence-corrected chi connectivity index (χ3v) is 5.77. The van der Waals surface area contributed by atoms with Crippen molar-refractivity contribution in [1.82, 2.24) is 19.2 Å². The first-order chi connectivity index (χ1) is 16.0. The number of carbonyl (C=O) groups is 2. The van der Waals surface area contributed by atoms with E-state index < -0.39 is 0 Å². The van der Waals surface area contributed by atoms with Gasteiger partial charge in [-0.05, 0) is 36.1 Å². The molecule has 0 radical (unpaired) electrons. The second-order valence-electron chi connectivity index (χ2n) is 9.93. The van der Waals surface area contributed by atoms with Crippen LogP contribution in [0.2, 0.25) is 0 Å². The predicted octanol–water partition coefficient (Wildman–Crippen LogP) is 6.61. The molecule has 0 saturated heterocycles. The largest absolute Gasteiger partial charge is 0.412 e. The molecule has 9 heteroatoms. The Morgan fingerprint density at radius 3 is 1.22 bits per heavy atom. The second kappa shape index (κ2) is 14.3. The van der Waals surface area contributed by atoms with Gasteiger partial charge in [0.25, 0.3) is 0 Å². The summed E-state index contributed by atoms with van der Waals surface area (Å²) in [5.74, 6) is 0.867. The van der Waals surface area contributed by atoms with Crippen molar-refractivity contribution in [2.75, 3.05) is 0 Å². The Bertz CT molecular complexity index is 1220. The minimum absolute atomic E-state index is 0. The standard InChI is InChI=1S/2C14H18N2O.2ClH.H2O/c2*1-9(2)13-12(14(17)10(3)4)11-7-5-6-8-16(11)15-13;;;/h2*5-10H,1-4H3;2*1H;1H2. The highest BCUT2D eigenvalue weighted by Crippen LogP contribution is 2.26. The van der Waals surface area contributed by atoms with Crippen molar-refractivity contribution in [2.24, 2.45) is 11.8 Å². The van der Waals surface area contributed by atoms with Crippen LogP contribution in [0.4, 0.5) is 0 Å². The lowest BCUT2D eigenvalue weighted by Crippen LogP contribution is -2.10. The van der Waals surface area contributed by atoms with Crippen molar-refractivity contribution < 1.29 is 15.1 Å². The molecular weight excluding hydrogens is 511 g/mol. The summed E-state index contributed by atoms with van der Waals surface area (Å²) in [6.45, 7) is 16.0. The van der Waals surface area contributed by atoms with Gasteiger partial charge in [-0.1, -0.05) is 67.5 Å².